The lowest BCUT2D eigenvalue weighted by Gasteiger charge is -2.23. The Bertz CT molecular complexity index is 1390. The molecule has 5 heterocycles. The van der Waals surface area contributed by atoms with E-state index in [0.717, 1.165) is 18.7 Å². The summed E-state index contributed by atoms with van der Waals surface area (Å²) in [6, 6.07) is 5.65. The number of hydrogen-bond acceptors (Lipinski definition) is 8. The van der Waals surface area contributed by atoms with Crippen LogP contribution in [0.1, 0.15) is 35.6 Å². The number of hydrogen-bond donors (Lipinski definition) is 1. The molecule has 0 radical (unpaired) electrons. The fraction of sp³-hybridized carbons (Fsp3) is 0.261. The van der Waals surface area contributed by atoms with E-state index in [-0.39, 0.29) is 11.4 Å². The topological polar surface area (TPSA) is 120 Å². The fourth-order valence-corrected chi connectivity index (χ4v) is 4.10. The quantitative estimate of drug-likeness (QED) is 0.579. The predicted molar refractivity (Wildman–Crippen MR) is 123 cm³/mol. The van der Waals surface area contributed by atoms with E-state index in [0.29, 0.717) is 34.9 Å². The van der Waals surface area contributed by atoms with Crippen LogP contribution in [0.4, 0.5) is 5.82 Å². The first kappa shape index (κ1) is 21.4. The number of fused-ring (bicyclic) bond motifs is 1. The predicted octanol–water partition coefficient (Wildman–Crippen LogP) is 2.32. The molecule has 1 N–H and O–H groups in total. The molecule has 0 saturated carbocycles. The van der Waals surface area contributed by atoms with Crippen molar-refractivity contribution < 1.29 is 14.3 Å². The Morgan fingerprint density at radius 1 is 1.29 bits per heavy atom. The van der Waals surface area contributed by atoms with E-state index >= 15 is 0 Å². The third-order valence-electron chi connectivity index (χ3n) is 5.87. The van der Waals surface area contributed by atoms with E-state index < -0.39 is 5.91 Å². The van der Waals surface area contributed by atoms with Gasteiger partial charge in [-0.25, -0.2) is 14.5 Å². The van der Waals surface area contributed by atoms with Gasteiger partial charge in [-0.3, -0.25) is 4.79 Å². The SMILES string of the molecule is COc1nn(C2=CC=CC(=C=O)N2C)cc1C(=O)Nc1cccc(-c2nnc3n2[C@@H](C)CC3)n1. The van der Waals surface area contributed by atoms with Gasteiger partial charge in [0.2, 0.25) is 5.88 Å². The molecule has 3 aromatic heterocycles. The van der Waals surface area contributed by atoms with Crippen LogP contribution in [0.2, 0.25) is 0 Å². The summed E-state index contributed by atoms with van der Waals surface area (Å²) in [5.74, 6) is 4.13. The molecule has 0 unspecified atom stereocenters. The molecule has 11 heteroatoms. The normalized spacial score (nSPS) is 16.8. The van der Waals surface area contributed by atoms with Crippen LogP contribution < -0.4 is 10.1 Å². The van der Waals surface area contributed by atoms with Gasteiger partial charge >= 0.3 is 0 Å². The van der Waals surface area contributed by atoms with Crippen LogP contribution >= 0.6 is 0 Å². The van der Waals surface area contributed by atoms with Crippen molar-refractivity contribution in [1.29, 1.82) is 0 Å². The average molecular weight is 458 g/mol. The second kappa shape index (κ2) is 8.45. The Balaban J connectivity index is 1.42. The number of carbonyl (C=O) groups excluding carboxylic acids is 2. The highest BCUT2D eigenvalue weighted by Gasteiger charge is 2.26. The number of pyridine rings is 1. The molecule has 2 aliphatic heterocycles. The van der Waals surface area contributed by atoms with Crippen LogP contribution in [0.15, 0.2) is 48.3 Å². The highest BCUT2D eigenvalue weighted by molar-refractivity contribution is 6.05. The largest absolute Gasteiger partial charge is 0.479 e. The number of methoxy groups -OCH3 is 1. The van der Waals surface area contributed by atoms with Crippen LogP contribution in [0.3, 0.4) is 0 Å². The molecule has 172 valence electrons. The summed E-state index contributed by atoms with van der Waals surface area (Å²) in [6.45, 7) is 2.13. The van der Waals surface area contributed by atoms with Crippen molar-refractivity contribution in [3.63, 3.8) is 0 Å². The fourth-order valence-electron chi connectivity index (χ4n) is 4.10. The summed E-state index contributed by atoms with van der Waals surface area (Å²) in [6.07, 6.45) is 8.55. The molecule has 0 aliphatic carbocycles. The number of amides is 1. The molecule has 2 aliphatic rings. The molecule has 0 aromatic carbocycles. The number of carbonyl (C=O) groups is 1. The maximum absolute atomic E-state index is 13.1. The summed E-state index contributed by atoms with van der Waals surface area (Å²) < 4.78 is 8.89. The molecule has 3 aromatic rings. The summed E-state index contributed by atoms with van der Waals surface area (Å²) in [5.41, 5.74) is 1.18. The number of ether oxygens (including phenoxy) is 1. The Hall–Kier alpha value is -4.50. The van der Waals surface area contributed by atoms with Gasteiger partial charge in [-0.05, 0) is 37.6 Å². The van der Waals surface area contributed by atoms with Gasteiger partial charge in [-0.2, -0.15) is 0 Å². The second-order valence-corrected chi connectivity index (χ2v) is 7.99. The number of aryl methyl sites for hydroxylation is 1. The van der Waals surface area contributed by atoms with Crippen molar-refractivity contribution in [3.8, 4) is 17.4 Å². The van der Waals surface area contributed by atoms with Crippen molar-refractivity contribution in [1.82, 2.24) is 34.4 Å². The molecule has 5 rings (SSSR count). The lowest BCUT2D eigenvalue weighted by atomic mass is 10.2. The van der Waals surface area contributed by atoms with Gasteiger partial charge in [0.15, 0.2) is 11.8 Å². The Kier molecular flexibility index (Phi) is 5.31. The number of aromatic nitrogens is 6. The van der Waals surface area contributed by atoms with Gasteiger partial charge in [0.25, 0.3) is 5.91 Å². The lowest BCUT2D eigenvalue weighted by molar-refractivity contribution is 0.102. The molecule has 0 spiro atoms. The van der Waals surface area contributed by atoms with Crippen LogP contribution in [0.25, 0.3) is 17.3 Å². The van der Waals surface area contributed by atoms with E-state index in [4.69, 9.17) is 4.74 Å². The summed E-state index contributed by atoms with van der Waals surface area (Å²) in [4.78, 5) is 30.5. The average Bonchev–Trinajstić information content (AvgIpc) is 3.56. The van der Waals surface area contributed by atoms with Gasteiger partial charge in [0.1, 0.15) is 34.4 Å². The summed E-state index contributed by atoms with van der Waals surface area (Å²) in [5, 5.41) is 15.7. The first-order valence-corrected chi connectivity index (χ1v) is 10.7. The Labute approximate surface area is 195 Å². The zero-order valence-electron chi connectivity index (χ0n) is 18.9. The number of likely N-dealkylation sites (N-methyl/N-ethyl adjacent to an activating group) is 1. The molecule has 34 heavy (non-hydrogen) atoms. The minimum Gasteiger partial charge on any atom is -0.479 e. The highest BCUT2D eigenvalue weighted by atomic mass is 16.5. The van der Waals surface area contributed by atoms with Crippen molar-refractivity contribution in [2.75, 3.05) is 19.5 Å². The van der Waals surface area contributed by atoms with Crippen LogP contribution in [-0.2, 0) is 11.2 Å². The summed E-state index contributed by atoms with van der Waals surface area (Å²) >= 11 is 0. The minimum absolute atomic E-state index is 0.137. The van der Waals surface area contributed by atoms with Crippen molar-refractivity contribution in [3.05, 3.63) is 59.7 Å². The first-order valence-electron chi connectivity index (χ1n) is 10.7. The zero-order chi connectivity index (χ0) is 23.8. The Morgan fingerprint density at radius 3 is 2.94 bits per heavy atom. The van der Waals surface area contributed by atoms with Gasteiger partial charge in [-0.15, -0.1) is 15.3 Å². The van der Waals surface area contributed by atoms with Crippen LogP contribution in [-0.4, -0.2) is 60.4 Å². The molecule has 0 saturated heterocycles. The first-order chi connectivity index (χ1) is 16.5. The number of nitrogens with one attached hydrogen (secondary N) is 1. The van der Waals surface area contributed by atoms with E-state index in [2.05, 4.69) is 37.1 Å². The number of nitrogens with zero attached hydrogens (tertiary/aromatic N) is 7. The smallest absolute Gasteiger partial charge is 0.263 e. The van der Waals surface area contributed by atoms with Crippen molar-refractivity contribution in [2.24, 2.45) is 0 Å². The monoisotopic (exact) mass is 458 g/mol. The highest BCUT2D eigenvalue weighted by Crippen LogP contribution is 2.30. The van der Waals surface area contributed by atoms with Crippen molar-refractivity contribution >= 4 is 23.5 Å². The molecular weight excluding hydrogens is 436 g/mol. The second-order valence-electron chi connectivity index (χ2n) is 7.99. The van der Waals surface area contributed by atoms with Gasteiger partial charge < -0.3 is 19.5 Å². The number of allylic oxidation sites excluding steroid dienone is 3. The number of anilines is 1. The van der Waals surface area contributed by atoms with E-state index in [9.17, 15) is 9.59 Å². The third kappa shape index (κ3) is 3.57. The van der Waals surface area contributed by atoms with E-state index in [1.165, 1.54) is 18.0 Å². The van der Waals surface area contributed by atoms with Gasteiger partial charge in [-0.1, -0.05) is 12.1 Å². The summed E-state index contributed by atoms with van der Waals surface area (Å²) in [7, 11) is 3.14. The molecule has 0 bridgehead atoms. The van der Waals surface area contributed by atoms with Crippen LogP contribution in [0, 0.1) is 0 Å². The van der Waals surface area contributed by atoms with Gasteiger partial charge in [0, 0.05) is 25.7 Å². The molecule has 11 nitrogen and oxygen atoms in total. The molecular formula is C23H22N8O3. The molecule has 1 atom stereocenters. The van der Waals surface area contributed by atoms with E-state index in [1.54, 1.807) is 42.3 Å². The maximum Gasteiger partial charge on any atom is 0.263 e. The van der Waals surface area contributed by atoms with Crippen LogP contribution in [0.5, 0.6) is 5.88 Å². The Morgan fingerprint density at radius 2 is 2.15 bits per heavy atom. The minimum atomic E-state index is -0.437. The maximum atomic E-state index is 13.1. The van der Waals surface area contributed by atoms with Gasteiger partial charge in [0.05, 0.1) is 7.11 Å². The molecule has 0 fully saturated rings. The standard InChI is InChI=1S/C23H22N8O3/c1-14-10-11-19-26-27-21(31(14)19)17-7-5-8-18(24-17)25-22(33)16-12-30(28-23(16)34-3)20-9-4-6-15(13-32)29(20)2/h4-9,12,14H,10-11H2,1-3H3,(H,24,25,33)/t14-/m0/s1. The number of rotatable bonds is 5. The van der Waals surface area contributed by atoms with E-state index in [1.807, 2.05) is 12.0 Å². The lowest BCUT2D eigenvalue weighted by Crippen LogP contribution is -2.22. The third-order valence-corrected chi connectivity index (χ3v) is 5.87. The zero-order valence-corrected chi connectivity index (χ0v) is 18.9. The van der Waals surface area contributed by atoms with Crippen molar-refractivity contribution in [2.45, 2.75) is 25.8 Å². The molecule has 1 amide bonds.